The summed E-state index contributed by atoms with van der Waals surface area (Å²) in [6.07, 6.45) is 104. The van der Waals surface area contributed by atoms with Gasteiger partial charge in [0.25, 0.3) is 0 Å². The topological polar surface area (TPSA) is 95.9 Å². The van der Waals surface area contributed by atoms with Crippen LogP contribution < -0.4 is 5.32 Å². The summed E-state index contributed by atoms with van der Waals surface area (Å²) in [7, 11) is 0. The second kappa shape index (κ2) is 78.3. The third kappa shape index (κ3) is 74.7. The van der Waals surface area contributed by atoms with Crippen molar-refractivity contribution >= 4 is 11.9 Å². The molecule has 0 aromatic carbocycles. The van der Waals surface area contributed by atoms with E-state index in [1.54, 1.807) is 6.08 Å². The van der Waals surface area contributed by atoms with Crippen LogP contribution in [0.4, 0.5) is 0 Å². The summed E-state index contributed by atoms with van der Waals surface area (Å²) in [6.45, 7) is 4.94. The van der Waals surface area contributed by atoms with Gasteiger partial charge in [-0.25, -0.2) is 0 Å². The summed E-state index contributed by atoms with van der Waals surface area (Å²) in [6, 6.07) is -0.626. The summed E-state index contributed by atoms with van der Waals surface area (Å²) in [5, 5.41) is 23.2. The van der Waals surface area contributed by atoms with Crippen LogP contribution in [0.25, 0.3) is 0 Å². The van der Waals surface area contributed by atoms with Crippen LogP contribution in [0.3, 0.4) is 0 Å². The van der Waals surface area contributed by atoms with Crippen molar-refractivity contribution in [3.63, 3.8) is 0 Å². The molecule has 6 heteroatoms. The summed E-state index contributed by atoms with van der Waals surface area (Å²) in [5.41, 5.74) is 0. The molecular weight excluding hydrogens is 1090 g/mol. The van der Waals surface area contributed by atoms with Crippen molar-refractivity contribution < 1.29 is 24.5 Å². The molecule has 524 valence electrons. The van der Waals surface area contributed by atoms with Gasteiger partial charge < -0.3 is 20.3 Å². The molecule has 0 spiro atoms. The van der Waals surface area contributed by atoms with Crippen LogP contribution >= 0.6 is 0 Å². The van der Waals surface area contributed by atoms with Crippen LogP contribution in [-0.2, 0) is 14.3 Å². The molecule has 0 aromatic rings. The summed E-state index contributed by atoms with van der Waals surface area (Å²) < 4.78 is 5.51. The largest absolute Gasteiger partial charge is 0.466 e. The highest BCUT2D eigenvalue weighted by molar-refractivity contribution is 5.76. The average molecular weight is 1250 g/mol. The molecule has 0 radical (unpaired) electrons. The van der Waals surface area contributed by atoms with Gasteiger partial charge in [0.05, 0.1) is 25.4 Å². The molecule has 2 unspecified atom stereocenters. The number of carbonyl (C=O) groups excluding carboxylic acids is 2. The number of amides is 1. The molecule has 3 N–H and O–H groups in total. The second-order valence-electron chi connectivity index (χ2n) is 27.7. The number of carbonyl (C=O) groups is 2. The van der Waals surface area contributed by atoms with Crippen molar-refractivity contribution in [1.82, 2.24) is 5.32 Å². The summed E-state index contributed by atoms with van der Waals surface area (Å²) in [5.74, 6) is -0.0448. The zero-order valence-electron chi connectivity index (χ0n) is 60.2. The Morgan fingerprint density at radius 3 is 0.865 bits per heavy atom. The van der Waals surface area contributed by atoms with Gasteiger partial charge in [-0.3, -0.25) is 9.59 Å². The van der Waals surface area contributed by atoms with Crippen molar-refractivity contribution in [2.75, 3.05) is 13.2 Å². The lowest BCUT2D eigenvalue weighted by Crippen LogP contribution is -2.45. The molecule has 1 amide bonds. The van der Waals surface area contributed by atoms with Gasteiger partial charge in [-0.05, 0) is 89.9 Å². The van der Waals surface area contributed by atoms with E-state index in [-0.39, 0.29) is 18.5 Å². The molecule has 89 heavy (non-hydrogen) atoms. The molecule has 2 atom stereocenters. The average Bonchev–Trinajstić information content (AvgIpc) is 3.62. The van der Waals surface area contributed by atoms with E-state index in [1.165, 1.54) is 366 Å². The molecule has 0 aliphatic rings. The highest BCUT2D eigenvalue weighted by Gasteiger charge is 2.18. The quantitative estimate of drug-likeness (QED) is 0.0320. The summed E-state index contributed by atoms with van der Waals surface area (Å²) >= 11 is 0. The number of aliphatic hydroxyl groups excluding tert-OH is 2. The molecule has 0 aliphatic heterocycles. The van der Waals surface area contributed by atoms with E-state index in [0.29, 0.717) is 19.4 Å². The van der Waals surface area contributed by atoms with Crippen molar-refractivity contribution in [2.45, 2.75) is 456 Å². The van der Waals surface area contributed by atoms with E-state index in [0.717, 1.165) is 51.4 Å². The number of ether oxygens (including phenoxy) is 1. The van der Waals surface area contributed by atoms with Crippen molar-refractivity contribution in [3.8, 4) is 0 Å². The Bertz CT molecular complexity index is 1490. The first-order valence-corrected chi connectivity index (χ1v) is 40.4. The Balaban J connectivity index is 3.36. The Hall–Kier alpha value is -2.18. The van der Waals surface area contributed by atoms with Gasteiger partial charge >= 0.3 is 5.97 Å². The van der Waals surface area contributed by atoms with Gasteiger partial charge in [-0.2, -0.15) is 0 Å². The van der Waals surface area contributed by atoms with Crippen molar-refractivity contribution in [1.29, 1.82) is 0 Å². The van der Waals surface area contributed by atoms with Crippen LogP contribution in [0.1, 0.15) is 444 Å². The van der Waals surface area contributed by atoms with Crippen LogP contribution in [0, 0.1) is 0 Å². The minimum Gasteiger partial charge on any atom is -0.466 e. The third-order valence-electron chi connectivity index (χ3n) is 18.8. The Labute approximate surface area is 556 Å². The predicted molar refractivity (Wildman–Crippen MR) is 393 cm³/mol. The maximum atomic E-state index is 12.5. The molecule has 0 rings (SSSR count). The normalized spacial score (nSPS) is 12.7. The van der Waals surface area contributed by atoms with Crippen LogP contribution in [0.15, 0.2) is 48.6 Å². The van der Waals surface area contributed by atoms with E-state index >= 15 is 0 Å². The highest BCUT2D eigenvalue weighted by atomic mass is 16.5. The van der Waals surface area contributed by atoms with Crippen LogP contribution in [-0.4, -0.2) is 47.4 Å². The number of unbranched alkanes of at least 4 members (excludes halogenated alkanes) is 59. The van der Waals surface area contributed by atoms with Gasteiger partial charge in [0, 0.05) is 12.8 Å². The first-order valence-electron chi connectivity index (χ1n) is 40.4. The lowest BCUT2D eigenvalue weighted by Gasteiger charge is -2.20. The number of rotatable bonds is 76. The highest BCUT2D eigenvalue weighted by Crippen LogP contribution is 2.19. The van der Waals surface area contributed by atoms with Gasteiger partial charge in [-0.1, -0.05) is 390 Å². The maximum Gasteiger partial charge on any atom is 0.305 e. The molecule has 0 saturated carbocycles. The molecule has 6 nitrogen and oxygen atoms in total. The van der Waals surface area contributed by atoms with Gasteiger partial charge in [-0.15, -0.1) is 0 Å². The van der Waals surface area contributed by atoms with Crippen LogP contribution in [0.5, 0.6) is 0 Å². The molecule has 0 aliphatic carbocycles. The van der Waals surface area contributed by atoms with Gasteiger partial charge in [0.1, 0.15) is 0 Å². The fraction of sp³-hybridized carbons (Fsp3) is 0.880. The zero-order chi connectivity index (χ0) is 64.2. The fourth-order valence-corrected chi connectivity index (χ4v) is 12.7. The maximum absolute atomic E-state index is 12.5. The first kappa shape index (κ1) is 86.8. The van der Waals surface area contributed by atoms with E-state index in [4.69, 9.17) is 4.74 Å². The molecule has 0 heterocycles. The monoisotopic (exact) mass is 1250 g/mol. The minimum absolute atomic E-state index is 0.0173. The number of hydrogen-bond acceptors (Lipinski definition) is 5. The zero-order valence-corrected chi connectivity index (χ0v) is 60.2. The summed E-state index contributed by atoms with van der Waals surface area (Å²) in [4.78, 5) is 24.6. The minimum atomic E-state index is -0.843. The Kier molecular flexibility index (Phi) is 76.3. The third-order valence-corrected chi connectivity index (χ3v) is 18.8. The van der Waals surface area contributed by atoms with Gasteiger partial charge in [0.15, 0.2) is 0 Å². The first-order chi connectivity index (χ1) is 44.0. The lowest BCUT2D eigenvalue weighted by atomic mass is 10.0. The Morgan fingerprint density at radius 1 is 0.315 bits per heavy atom. The molecule has 0 saturated heterocycles. The number of nitrogens with one attached hydrogen (secondary N) is 1. The van der Waals surface area contributed by atoms with Crippen molar-refractivity contribution in [3.05, 3.63) is 48.6 Å². The molecule has 0 bridgehead atoms. The van der Waals surface area contributed by atoms with Gasteiger partial charge in [0.2, 0.25) is 5.91 Å². The standard InChI is InChI=1S/C83H157NO5/c1-3-5-7-9-11-13-15-17-19-44-49-53-57-61-65-69-73-77-83(88)89-78-74-70-66-62-58-54-50-46-43-41-39-37-35-33-31-29-27-25-23-21-22-24-26-28-30-32-34-36-38-40-42-45-48-52-56-60-64-68-72-76-82(87)84-80(79-85)81(86)75-71-67-63-59-55-51-47-20-18-16-14-12-10-8-6-4-2/h17,19,21-22,25,27,71,75,80-81,85-86H,3-16,18,20,23-24,26,28-70,72-74,76-79H2,1-2H3,(H,84,87)/b19-17-,22-21-,27-25-,75-71+. The fourth-order valence-electron chi connectivity index (χ4n) is 12.7. The predicted octanol–water partition coefficient (Wildman–Crippen LogP) is 26.8. The SMILES string of the molecule is CCCCCCCC/C=C\CCCCCCCCCC(=O)OCCCCCCCCCCCCCCCCC/C=C\C/C=C\CCCCCCCCCCCCCCCCCCCC(=O)NC(CO)C(O)/C=C/CCCCCCCCCCCCCCCC. The lowest BCUT2D eigenvalue weighted by molar-refractivity contribution is -0.143. The smallest absolute Gasteiger partial charge is 0.305 e. The van der Waals surface area contributed by atoms with E-state index < -0.39 is 12.1 Å². The number of aliphatic hydroxyl groups is 2. The number of hydrogen-bond donors (Lipinski definition) is 3. The second-order valence-corrected chi connectivity index (χ2v) is 27.7. The van der Waals surface area contributed by atoms with E-state index in [9.17, 15) is 19.8 Å². The van der Waals surface area contributed by atoms with E-state index in [2.05, 4.69) is 55.6 Å². The van der Waals surface area contributed by atoms with E-state index in [1.807, 2.05) is 6.08 Å². The molecule has 0 fully saturated rings. The molecular formula is C83H157NO5. The number of allylic oxidation sites excluding steroid dienone is 7. The number of esters is 1. The van der Waals surface area contributed by atoms with Crippen molar-refractivity contribution in [2.24, 2.45) is 0 Å². The van der Waals surface area contributed by atoms with Crippen LogP contribution in [0.2, 0.25) is 0 Å². The molecule has 0 aromatic heterocycles. The Morgan fingerprint density at radius 2 is 0.562 bits per heavy atom.